The van der Waals surface area contributed by atoms with E-state index >= 15 is 0 Å². The topological polar surface area (TPSA) is 49.4 Å². The highest BCUT2D eigenvalue weighted by Gasteiger charge is 2.30. The first-order chi connectivity index (χ1) is 9.98. The first kappa shape index (κ1) is 16.4. The molecule has 118 valence electrons. The molecular formula is C15H23FN2O2S. The standard InChI is InChI=1S/C15H23FN2O2S/c1-3-12-6-8-18(9-7-12)21(19,20)15-10-14(16)5-4-13(15)11-17-2/h4-5,10,12,17H,3,6-9,11H2,1-2H3. The quantitative estimate of drug-likeness (QED) is 0.907. The Morgan fingerprint density at radius 1 is 1.33 bits per heavy atom. The molecule has 6 heteroatoms. The molecule has 0 aromatic heterocycles. The Balaban J connectivity index is 2.29. The second kappa shape index (κ2) is 6.85. The van der Waals surface area contributed by atoms with E-state index in [1.165, 1.54) is 16.4 Å². The molecule has 1 fully saturated rings. The summed E-state index contributed by atoms with van der Waals surface area (Å²) < 4.78 is 40.5. The number of halogens is 1. The van der Waals surface area contributed by atoms with Crippen molar-refractivity contribution in [1.29, 1.82) is 0 Å². The average molecular weight is 314 g/mol. The molecule has 1 saturated heterocycles. The van der Waals surface area contributed by atoms with Crippen LogP contribution in [0, 0.1) is 11.7 Å². The van der Waals surface area contributed by atoms with E-state index in [1.807, 2.05) is 0 Å². The van der Waals surface area contributed by atoms with Crippen molar-refractivity contribution in [3.8, 4) is 0 Å². The predicted octanol–water partition coefficient (Wildman–Crippen LogP) is 2.36. The number of piperidine rings is 1. The lowest BCUT2D eigenvalue weighted by Crippen LogP contribution is -2.38. The molecular weight excluding hydrogens is 291 g/mol. The van der Waals surface area contributed by atoms with Crippen LogP contribution in [0.25, 0.3) is 0 Å². The van der Waals surface area contributed by atoms with Crippen LogP contribution in [0.2, 0.25) is 0 Å². The van der Waals surface area contributed by atoms with Gasteiger partial charge in [-0.15, -0.1) is 0 Å². The molecule has 1 aromatic carbocycles. The molecule has 0 spiro atoms. The molecule has 0 bridgehead atoms. The maximum atomic E-state index is 13.5. The van der Waals surface area contributed by atoms with Crippen LogP contribution in [0.3, 0.4) is 0 Å². The van der Waals surface area contributed by atoms with Gasteiger partial charge in [0.25, 0.3) is 0 Å². The number of hydrogen-bond donors (Lipinski definition) is 1. The van der Waals surface area contributed by atoms with E-state index in [2.05, 4.69) is 12.2 Å². The summed E-state index contributed by atoms with van der Waals surface area (Å²) in [5.41, 5.74) is 0.608. The molecule has 0 radical (unpaired) electrons. The molecule has 0 atom stereocenters. The van der Waals surface area contributed by atoms with Gasteiger partial charge in [0, 0.05) is 19.6 Å². The van der Waals surface area contributed by atoms with Crippen LogP contribution in [0.15, 0.2) is 23.1 Å². The highest BCUT2D eigenvalue weighted by atomic mass is 32.2. The van der Waals surface area contributed by atoms with Crippen molar-refractivity contribution >= 4 is 10.0 Å². The lowest BCUT2D eigenvalue weighted by atomic mass is 9.96. The molecule has 1 aromatic rings. The van der Waals surface area contributed by atoms with Crippen molar-refractivity contribution in [3.05, 3.63) is 29.6 Å². The van der Waals surface area contributed by atoms with Crippen molar-refractivity contribution in [3.63, 3.8) is 0 Å². The molecule has 4 nitrogen and oxygen atoms in total. The van der Waals surface area contributed by atoms with E-state index in [4.69, 9.17) is 0 Å². The van der Waals surface area contributed by atoms with Crippen molar-refractivity contribution in [1.82, 2.24) is 9.62 Å². The zero-order valence-electron chi connectivity index (χ0n) is 12.6. The largest absolute Gasteiger partial charge is 0.316 e. The number of rotatable bonds is 5. The van der Waals surface area contributed by atoms with Crippen LogP contribution < -0.4 is 5.32 Å². The van der Waals surface area contributed by atoms with Gasteiger partial charge in [0.1, 0.15) is 5.82 Å². The van der Waals surface area contributed by atoms with Gasteiger partial charge in [-0.05, 0) is 43.5 Å². The number of nitrogens with one attached hydrogen (secondary N) is 1. The first-order valence-electron chi connectivity index (χ1n) is 7.42. The predicted molar refractivity (Wildman–Crippen MR) is 80.9 cm³/mol. The van der Waals surface area contributed by atoms with Crippen molar-refractivity contribution in [2.45, 2.75) is 37.6 Å². The molecule has 1 aliphatic heterocycles. The minimum absolute atomic E-state index is 0.0896. The Labute approximate surface area is 126 Å². The molecule has 0 amide bonds. The second-order valence-corrected chi connectivity index (χ2v) is 7.44. The SMILES string of the molecule is CCC1CCN(S(=O)(=O)c2cc(F)ccc2CNC)CC1. The third-order valence-electron chi connectivity index (χ3n) is 4.17. The average Bonchev–Trinajstić information content (AvgIpc) is 2.49. The molecule has 0 unspecified atom stereocenters. The summed E-state index contributed by atoms with van der Waals surface area (Å²) >= 11 is 0. The minimum Gasteiger partial charge on any atom is -0.316 e. The van der Waals surface area contributed by atoms with Crippen LogP contribution in [0.5, 0.6) is 0 Å². The molecule has 1 heterocycles. The van der Waals surface area contributed by atoms with Gasteiger partial charge in [-0.3, -0.25) is 0 Å². The van der Waals surface area contributed by atoms with Crippen LogP contribution in [0.4, 0.5) is 4.39 Å². The monoisotopic (exact) mass is 314 g/mol. The Bertz CT molecular complexity index is 581. The van der Waals surface area contributed by atoms with Gasteiger partial charge in [-0.25, -0.2) is 12.8 Å². The maximum Gasteiger partial charge on any atom is 0.243 e. The first-order valence-corrected chi connectivity index (χ1v) is 8.86. The van der Waals surface area contributed by atoms with E-state index in [0.29, 0.717) is 31.1 Å². The summed E-state index contributed by atoms with van der Waals surface area (Å²) in [5, 5.41) is 2.93. The van der Waals surface area contributed by atoms with Crippen molar-refractivity contribution < 1.29 is 12.8 Å². The number of nitrogens with zero attached hydrogens (tertiary/aromatic N) is 1. The van der Waals surface area contributed by atoms with E-state index in [-0.39, 0.29) is 4.90 Å². The van der Waals surface area contributed by atoms with E-state index < -0.39 is 15.8 Å². The Morgan fingerprint density at radius 2 is 2.00 bits per heavy atom. The third-order valence-corrected chi connectivity index (χ3v) is 6.15. The van der Waals surface area contributed by atoms with E-state index in [9.17, 15) is 12.8 Å². The smallest absolute Gasteiger partial charge is 0.243 e. The highest BCUT2D eigenvalue weighted by molar-refractivity contribution is 7.89. The Kier molecular flexibility index (Phi) is 5.35. The van der Waals surface area contributed by atoms with Crippen LogP contribution in [-0.2, 0) is 16.6 Å². The Morgan fingerprint density at radius 3 is 2.57 bits per heavy atom. The molecule has 1 N–H and O–H groups in total. The minimum atomic E-state index is -3.62. The van der Waals surface area contributed by atoms with Gasteiger partial charge < -0.3 is 5.32 Å². The van der Waals surface area contributed by atoms with Gasteiger partial charge in [0.15, 0.2) is 0 Å². The molecule has 21 heavy (non-hydrogen) atoms. The number of hydrogen-bond acceptors (Lipinski definition) is 3. The molecule has 2 rings (SSSR count). The fourth-order valence-electron chi connectivity index (χ4n) is 2.80. The fourth-order valence-corrected chi connectivity index (χ4v) is 4.50. The summed E-state index contributed by atoms with van der Waals surface area (Å²) in [4.78, 5) is 0.0896. The summed E-state index contributed by atoms with van der Waals surface area (Å²) in [7, 11) is -1.87. The number of benzene rings is 1. The Hall–Kier alpha value is -0.980. The fraction of sp³-hybridized carbons (Fsp3) is 0.600. The lowest BCUT2D eigenvalue weighted by Gasteiger charge is -2.31. The summed E-state index contributed by atoms with van der Waals surface area (Å²) in [6.07, 6.45) is 2.84. The summed E-state index contributed by atoms with van der Waals surface area (Å²) in [6, 6.07) is 3.97. The molecule has 0 aliphatic carbocycles. The summed E-state index contributed by atoms with van der Waals surface area (Å²) in [5.74, 6) is 0.0811. The van der Waals surface area contributed by atoms with Crippen LogP contribution in [-0.4, -0.2) is 32.9 Å². The van der Waals surface area contributed by atoms with Gasteiger partial charge in [0.05, 0.1) is 4.90 Å². The van der Waals surface area contributed by atoms with Gasteiger partial charge >= 0.3 is 0 Å². The molecule has 1 aliphatic rings. The zero-order chi connectivity index (χ0) is 15.5. The highest BCUT2D eigenvalue weighted by Crippen LogP contribution is 2.27. The van der Waals surface area contributed by atoms with Gasteiger partial charge in [-0.2, -0.15) is 4.31 Å². The van der Waals surface area contributed by atoms with Crippen LogP contribution in [0.1, 0.15) is 31.7 Å². The second-order valence-electron chi connectivity index (χ2n) is 5.54. The lowest BCUT2D eigenvalue weighted by molar-refractivity contribution is 0.269. The maximum absolute atomic E-state index is 13.5. The van der Waals surface area contributed by atoms with Crippen molar-refractivity contribution in [2.75, 3.05) is 20.1 Å². The van der Waals surface area contributed by atoms with Gasteiger partial charge in [-0.1, -0.05) is 19.4 Å². The number of sulfonamides is 1. The normalized spacial score (nSPS) is 18.0. The third kappa shape index (κ3) is 3.62. The molecule has 0 saturated carbocycles. The zero-order valence-corrected chi connectivity index (χ0v) is 13.4. The van der Waals surface area contributed by atoms with E-state index in [1.54, 1.807) is 7.05 Å². The van der Waals surface area contributed by atoms with E-state index in [0.717, 1.165) is 25.3 Å². The van der Waals surface area contributed by atoms with Crippen LogP contribution >= 0.6 is 0 Å². The summed E-state index contributed by atoms with van der Waals surface area (Å²) in [6.45, 7) is 3.58. The van der Waals surface area contributed by atoms with Crippen molar-refractivity contribution in [2.24, 2.45) is 5.92 Å². The van der Waals surface area contributed by atoms with Gasteiger partial charge in [0.2, 0.25) is 10.0 Å².